The molecule has 0 aliphatic heterocycles. The molecule has 0 aliphatic rings. The van der Waals surface area contributed by atoms with Crippen molar-refractivity contribution >= 4 is 17.6 Å². The Hall–Kier alpha value is -3.06. The number of rotatable bonds is 8. The minimum absolute atomic E-state index is 0.135. The van der Waals surface area contributed by atoms with Gasteiger partial charge in [0.15, 0.2) is 11.5 Å². The minimum atomic E-state index is -0.500. The highest BCUT2D eigenvalue weighted by Gasteiger charge is 2.16. The Bertz CT molecular complexity index is 807. The molecule has 1 amide bonds. The predicted octanol–water partition coefficient (Wildman–Crippen LogP) is 2.56. The molecule has 2 aromatic carbocycles. The molecule has 0 heterocycles. The molecule has 2 aromatic rings. The second-order valence-electron chi connectivity index (χ2n) is 5.91. The highest BCUT2D eigenvalue weighted by Crippen LogP contribution is 2.31. The van der Waals surface area contributed by atoms with E-state index in [1.165, 1.54) is 7.11 Å². The summed E-state index contributed by atoms with van der Waals surface area (Å²) in [5.41, 5.74) is 1.63. The van der Waals surface area contributed by atoms with Crippen LogP contribution in [0.5, 0.6) is 11.5 Å². The first-order valence-corrected chi connectivity index (χ1v) is 8.35. The predicted molar refractivity (Wildman–Crippen MR) is 102 cm³/mol. The quantitative estimate of drug-likeness (QED) is 0.718. The zero-order valence-electron chi connectivity index (χ0n) is 15.9. The van der Waals surface area contributed by atoms with Crippen LogP contribution >= 0.6 is 0 Å². The van der Waals surface area contributed by atoms with Crippen LogP contribution in [0.25, 0.3) is 0 Å². The third-order valence-electron chi connectivity index (χ3n) is 3.94. The van der Waals surface area contributed by atoms with Crippen molar-refractivity contribution in [2.45, 2.75) is 6.54 Å². The van der Waals surface area contributed by atoms with E-state index in [9.17, 15) is 9.59 Å². The maximum atomic E-state index is 12.4. The highest BCUT2D eigenvalue weighted by atomic mass is 16.5. The average molecular weight is 372 g/mol. The summed E-state index contributed by atoms with van der Waals surface area (Å²) in [5.74, 6) is 0.541. The number of nitrogens with one attached hydrogen (secondary N) is 1. The number of anilines is 1. The molecule has 0 aromatic heterocycles. The molecule has 0 atom stereocenters. The van der Waals surface area contributed by atoms with E-state index >= 15 is 0 Å². The summed E-state index contributed by atoms with van der Waals surface area (Å²) in [6, 6.07) is 12.3. The van der Waals surface area contributed by atoms with Crippen molar-refractivity contribution in [3.05, 3.63) is 53.6 Å². The Morgan fingerprint density at radius 2 is 1.74 bits per heavy atom. The lowest BCUT2D eigenvalue weighted by molar-refractivity contribution is -0.117. The molecule has 0 aliphatic carbocycles. The summed E-state index contributed by atoms with van der Waals surface area (Å²) in [5, 5.41) is 2.76. The van der Waals surface area contributed by atoms with Crippen LogP contribution in [-0.2, 0) is 16.1 Å². The normalized spacial score (nSPS) is 10.4. The fourth-order valence-electron chi connectivity index (χ4n) is 2.74. The van der Waals surface area contributed by atoms with Gasteiger partial charge in [-0.05, 0) is 25.2 Å². The molecule has 0 spiro atoms. The Labute approximate surface area is 158 Å². The fourth-order valence-corrected chi connectivity index (χ4v) is 2.74. The van der Waals surface area contributed by atoms with Crippen LogP contribution in [0, 0.1) is 0 Å². The second-order valence-corrected chi connectivity index (χ2v) is 5.91. The number of likely N-dealkylation sites (N-methyl/N-ethyl adjacent to an activating group) is 1. The van der Waals surface area contributed by atoms with Gasteiger partial charge in [0.1, 0.15) is 0 Å². The largest absolute Gasteiger partial charge is 0.493 e. The molecular weight excluding hydrogens is 348 g/mol. The van der Waals surface area contributed by atoms with Crippen molar-refractivity contribution in [3.8, 4) is 11.5 Å². The van der Waals surface area contributed by atoms with Crippen molar-refractivity contribution in [2.24, 2.45) is 0 Å². The minimum Gasteiger partial charge on any atom is -0.493 e. The molecular formula is C20H24N2O5. The highest BCUT2D eigenvalue weighted by molar-refractivity contribution is 6.01. The van der Waals surface area contributed by atoms with Crippen LogP contribution in [0.1, 0.15) is 15.9 Å². The summed E-state index contributed by atoms with van der Waals surface area (Å²) >= 11 is 0. The molecule has 7 heteroatoms. The standard InChI is InChI=1S/C20H24N2O5/c1-22(12-14-8-7-11-17(25-2)19(14)26-3)13-18(23)21-16-10-6-5-9-15(16)20(24)27-4/h5-11H,12-13H2,1-4H3,(H,21,23). The lowest BCUT2D eigenvalue weighted by Crippen LogP contribution is -2.30. The van der Waals surface area contributed by atoms with Crippen molar-refractivity contribution in [1.82, 2.24) is 4.90 Å². The van der Waals surface area contributed by atoms with E-state index in [0.717, 1.165) is 5.56 Å². The molecule has 0 bridgehead atoms. The van der Waals surface area contributed by atoms with E-state index < -0.39 is 5.97 Å². The topological polar surface area (TPSA) is 77.1 Å². The van der Waals surface area contributed by atoms with Crippen molar-refractivity contribution in [2.75, 3.05) is 40.2 Å². The Morgan fingerprint density at radius 1 is 1.00 bits per heavy atom. The molecule has 0 saturated carbocycles. The molecule has 27 heavy (non-hydrogen) atoms. The van der Waals surface area contributed by atoms with Gasteiger partial charge in [-0.2, -0.15) is 0 Å². The van der Waals surface area contributed by atoms with Gasteiger partial charge in [0.25, 0.3) is 0 Å². The van der Waals surface area contributed by atoms with Gasteiger partial charge in [0.2, 0.25) is 5.91 Å². The molecule has 0 fully saturated rings. The number of hydrogen-bond acceptors (Lipinski definition) is 6. The number of carbonyl (C=O) groups excluding carboxylic acids is 2. The number of hydrogen-bond donors (Lipinski definition) is 1. The van der Waals surface area contributed by atoms with Gasteiger partial charge >= 0.3 is 5.97 Å². The summed E-state index contributed by atoms with van der Waals surface area (Å²) in [6.45, 7) is 0.627. The number of amides is 1. The van der Waals surface area contributed by atoms with E-state index in [0.29, 0.717) is 29.3 Å². The fraction of sp³-hybridized carbons (Fsp3) is 0.300. The van der Waals surface area contributed by atoms with E-state index in [1.807, 2.05) is 30.1 Å². The lowest BCUT2D eigenvalue weighted by Gasteiger charge is -2.19. The van der Waals surface area contributed by atoms with Crippen molar-refractivity contribution in [1.29, 1.82) is 0 Å². The third-order valence-corrected chi connectivity index (χ3v) is 3.94. The van der Waals surface area contributed by atoms with Gasteiger partial charge in [0.05, 0.1) is 39.1 Å². The third kappa shape index (κ3) is 5.21. The second kappa shape index (κ2) is 9.59. The number of ether oxygens (including phenoxy) is 3. The Kier molecular flexibility index (Phi) is 7.19. The average Bonchev–Trinajstić information content (AvgIpc) is 2.67. The van der Waals surface area contributed by atoms with Gasteiger partial charge in [-0.25, -0.2) is 4.79 Å². The zero-order valence-corrected chi connectivity index (χ0v) is 15.9. The Morgan fingerprint density at radius 3 is 2.41 bits per heavy atom. The summed E-state index contributed by atoms with van der Waals surface area (Å²) < 4.78 is 15.5. The van der Waals surface area contributed by atoms with E-state index in [2.05, 4.69) is 5.32 Å². The van der Waals surface area contributed by atoms with Gasteiger partial charge in [-0.1, -0.05) is 24.3 Å². The van der Waals surface area contributed by atoms with Crippen LogP contribution < -0.4 is 14.8 Å². The summed E-state index contributed by atoms with van der Waals surface area (Å²) in [4.78, 5) is 26.0. The molecule has 0 unspecified atom stereocenters. The molecule has 7 nitrogen and oxygen atoms in total. The zero-order chi connectivity index (χ0) is 19.8. The van der Waals surface area contributed by atoms with Crippen LogP contribution in [-0.4, -0.2) is 51.7 Å². The molecule has 0 radical (unpaired) electrons. The van der Waals surface area contributed by atoms with Crippen LogP contribution in [0.15, 0.2) is 42.5 Å². The maximum absolute atomic E-state index is 12.4. The van der Waals surface area contributed by atoms with E-state index in [-0.39, 0.29) is 12.5 Å². The maximum Gasteiger partial charge on any atom is 0.339 e. The molecule has 144 valence electrons. The van der Waals surface area contributed by atoms with E-state index in [4.69, 9.17) is 14.2 Å². The van der Waals surface area contributed by atoms with Crippen molar-refractivity contribution in [3.63, 3.8) is 0 Å². The number of methoxy groups -OCH3 is 3. The van der Waals surface area contributed by atoms with Crippen LogP contribution in [0.2, 0.25) is 0 Å². The van der Waals surface area contributed by atoms with Crippen LogP contribution in [0.3, 0.4) is 0 Å². The first kappa shape index (κ1) is 20.3. The number of esters is 1. The smallest absolute Gasteiger partial charge is 0.339 e. The monoisotopic (exact) mass is 372 g/mol. The number of carbonyl (C=O) groups is 2. The van der Waals surface area contributed by atoms with Crippen LogP contribution in [0.4, 0.5) is 5.69 Å². The SMILES string of the molecule is COC(=O)c1ccccc1NC(=O)CN(C)Cc1cccc(OC)c1OC. The summed E-state index contributed by atoms with van der Waals surface area (Å²) in [6.07, 6.45) is 0. The van der Waals surface area contributed by atoms with E-state index in [1.54, 1.807) is 38.5 Å². The van der Waals surface area contributed by atoms with Gasteiger partial charge < -0.3 is 19.5 Å². The molecule has 1 N–H and O–H groups in total. The summed E-state index contributed by atoms with van der Waals surface area (Å²) in [7, 11) is 6.29. The van der Waals surface area contributed by atoms with Gasteiger partial charge in [-0.3, -0.25) is 9.69 Å². The molecule has 2 rings (SSSR count). The Balaban J connectivity index is 2.04. The number of para-hydroxylation sites is 2. The van der Waals surface area contributed by atoms with Crippen molar-refractivity contribution < 1.29 is 23.8 Å². The number of benzene rings is 2. The molecule has 0 saturated heterocycles. The van der Waals surface area contributed by atoms with Gasteiger partial charge in [-0.15, -0.1) is 0 Å². The first-order chi connectivity index (χ1) is 13.0. The lowest BCUT2D eigenvalue weighted by atomic mass is 10.1. The first-order valence-electron chi connectivity index (χ1n) is 8.35. The van der Waals surface area contributed by atoms with Gasteiger partial charge in [0, 0.05) is 12.1 Å². The number of nitrogens with zero attached hydrogens (tertiary/aromatic N) is 1.